The second kappa shape index (κ2) is 6.45. The molecule has 1 amide bonds. The molecule has 0 saturated carbocycles. The quantitative estimate of drug-likeness (QED) is 0.798. The van der Waals surface area contributed by atoms with Crippen molar-refractivity contribution in [2.75, 3.05) is 19.7 Å². The highest BCUT2D eigenvalue weighted by molar-refractivity contribution is 6.29. The van der Waals surface area contributed by atoms with Gasteiger partial charge in [0, 0.05) is 31.5 Å². The summed E-state index contributed by atoms with van der Waals surface area (Å²) in [6, 6.07) is 3.18. The third-order valence-electron chi connectivity index (χ3n) is 2.23. The molecule has 0 fully saturated rings. The number of aliphatic hydroxyl groups is 1. The van der Waals surface area contributed by atoms with Crippen molar-refractivity contribution in [2.45, 2.75) is 13.3 Å². The maximum absolute atomic E-state index is 12.0. The molecule has 0 atom stereocenters. The van der Waals surface area contributed by atoms with Crippen LogP contribution in [0.15, 0.2) is 18.3 Å². The summed E-state index contributed by atoms with van der Waals surface area (Å²) in [7, 11) is 0. The smallest absolute Gasteiger partial charge is 0.254 e. The first-order chi connectivity index (χ1) is 7.69. The molecule has 88 valence electrons. The molecule has 0 aromatic carbocycles. The van der Waals surface area contributed by atoms with Gasteiger partial charge in [-0.1, -0.05) is 11.6 Å². The van der Waals surface area contributed by atoms with Gasteiger partial charge in [0.2, 0.25) is 0 Å². The molecule has 0 radical (unpaired) electrons. The predicted molar refractivity (Wildman–Crippen MR) is 62.5 cm³/mol. The largest absolute Gasteiger partial charge is 0.396 e. The Morgan fingerprint density at radius 2 is 2.38 bits per heavy atom. The lowest BCUT2D eigenvalue weighted by Crippen LogP contribution is -2.32. The standard InChI is InChI=1S/C11H15ClN2O2/c1-2-14(6-3-7-15)11(16)9-4-5-13-10(12)8-9/h4-5,8,15H,2-3,6-7H2,1H3. The minimum absolute atomic E-state index is 0.0831. The molecule has 1 aromatic rings. The second-order valence-electron chi connectivity index (χ2n) is 3.33. The first kappa shape index (κ1) is 12.9. The first-order valence-corrected chi connectivity index (χ1v) is 5.58. The van der Waals surface area contributed by atoms with E-state index in [4.69, 9.17) is 16.7 Å². The van der Waals surface area contributed by atoms with Crippen molar-refractivity contribution in [3.05, 3.63) is 29.0 Å². The summed E-state index contributed by atoms with van der Waals surface area (Å²) in [6.45, 7) is 3.14. The van der Waals surface area contributed by atoms with E-state index in [9.17, 15) is 4.79 Å². The Morgan fingerprint density at radius 1 is 1.62 bits per heavy atom. The number of carbonyl (C=O) groups excluding carboxylic acids is 1. The number of aromatic nitrogens is 1. The number of rotatable bonds is 5. The van der Waals surface area contributed by atoms with E-state index in [2.05, 4.69) is 4.98 Å². The third kappa shape index (κ3) is 3.47. The van der Waals surface area contributed by atoms with Crippen LogP contribution in [0.4, 0.5) is 0 Å². The van der Waals surface area contributed by atoms with E-state index in [1.54, 1.807) is 17.0 Å². The van der Waals surface area contributed by atoms with Gasteiger partial charge in [-0.2, -0.15) is 0 Å². The van der Waals surface area contributed by atoms with Crippen molar-refractivity contribution in [1.29, 1.82) is 0 Å². The molecule has 1 aromatic heterocycles. The molecule has 0 unspecified atom stereocenters. The summed E-state index contributed by atoms with van der Waals surface area (Å²) >= 11 is 5.72. The number of pyridine rings is 1. The normalized spacial score (nSPS) is 10.2. The Bertz CT molecular complexity index is 358. The van der Waals surface area contributed by atoms with Gasteiger partial charge in [-0.25, -0.2) is 4.98 Å². The highest BCUT2D eigenvalue weighted by atomic mass is 35.5. The monoisotopic (exact) mass is 242 g/mol. The van der Waals surface area contributed by atoms with E-state index in [1.807, 2.05) is 6.92 Å². The van der Waals surface area contributed by atoms with Crippen molar-refractivity contribution >= 4 is 17.5 Å². The molecule has 0 saturated heterocycles. The zero-order chi connectivity index (χ0) is 12.0. The van der Waals surface area contributed by atoms with E-state index in [0.717, 1.165) is 0 Å². The summed E-state index contributed by atoms with van der Waals surface area (Å²) < 4.78 is 0. The fraction of sp³-hybridized carbons (Fsp3) is 0.455. The lowest BCUT2D eigenvalue weighted by atomic mass is 10.2. The van der Waals surface area contributed by atoms with Crippen molar-refractivity contribution in [1.82, 2.24) is 9.88 Å². The Labute approximate surface area is 99.9 Å². The molecule has 0 spiro atoms. The minimum atomic E-state index is -0.0831. The number of halogens is 1. The van der Waals surface area contributed by atoms with Crippen molar-refractivity contribution in [3.8, 4) is 0 Å². The molecular weight excluding hydrogens is 228 g/mol. The predicted octanol–water partition coefficient (Wildman–Crippen LogP) is 1.58. The second-order valence-corrected chi connectivity index (χ2v) is 3.72. The average molecular weight is 243 g/mol. The van der Waals surface area contributed by atoms with Crippen molar-refractivity contribution in [2.24, 2.45) is 0 Å². The van der Waals surface area contributed by atoms with E-state index >= 15 is 0 Å². The summed E-state index contributed by atoms with van der Waals surface area (Å²) in [6.07, 6.45) is 2.09. The van der Waals surface area contributed by atoms with Crippen LogP contribution in [0.2, 0.25) is 5.15 Å². The van der Waals surface area contributed by atoms with Crippen LogP contribution in [0, 0.1) is 0 Å². The number of aliphatic hydroxyl groups excluding tert-OH is 1. The number of amides is 1. The highest BCUT2D eigenvalue weighted by Gasteiger charge is 2.13. The van der Waals surface area contributed by atoms with Crippen LogP contribution in [-0.2, 0) is 0 Å². The van der Waals surface area contributed by atoms with Gasteiger partial charge in [-0.3, -0.25) is 4.79 Å². The Morgan fingerprint density at radius 3 is 2.94 bits per heavy atom. The minimum Gasteiger partial charge on any atom is -0.396 e. The van der Waals surface area contributed by atoms with Crippen LogP contribution in [0.1, 0.15) is 23.7 Å². The van der Waals surface area contributed by atoms with E-state index in [1.165, 1.54) is 6.20 Å². The summed E-state index contributed by atoms with van der Waals surface area (Å²) in [5, 5.41) is 9.05. The fourth-order valence-electron chi connectivity index (χ4n) is 1.38. The average Bonchev–Trinajstić information content (AvgIpc) is 2.29. The van der Waals surface area contributed by atoms with Crippen LogP contribution in [0.5, 0.6) is 0 Å². The Kier molecular flexibility index (Phi) is 5.22. The van der Waals surface area contributed by atoms with E-state index in [0.29, 0.717) is 30.2 Å². The topological polar surface area (TPSA) is 53.4 Å². The zero-order valence-corrected chi connectivity index (χ0v) is 9.94. The van der Waals surface area contributed by atoms with Gasteiger partial charge < -0.3 is 10.0 Å². The lowest BCUT2D eigenvalue weighted by molar-refractivity contribution is 0.0754. The molecule has 16 heavy (non-hydrogen) atoms. The molecule has 0 aliphatic heterocycles. The van der Waals surface area contributed by atoms with Crippen LogP contribution in [-0.4, -0.2) is 40.6 Å². The molecule has 5 heteroatoms. The molecule has 1 N–H and O–H groups in total. The summed E-state index contributed by atoms with van der Waals surface area (Å²) in [4.78, 5) is 17.5. The van der Waals surface area contributed by atoms with Gasteiger partial charge >= 0.3 is 0 Å². The number of nitrogens with zero attached hydrogens (tertiary/aromatic N) is 2. The SMILES string of the molecule is CCN(CCCO)C(=O)c1ccnc(Cl)c1. The van der Waals surface area contributed by atoms with Crippen molar-refractivity contribution in [3.63, 3.8) is 0 Å². The zero-order valence-electron chi connectivity index (χ0n) is 9.19. The van der Waals surface area contributed by atoms with Crippen LogP contribution < -0.4 is 0 Å². The summed E-state index contributed by atoms with van der Waals surface area (Å²) in [5.74, 6) is -0.0831. The Hall–Kier alpha value is -1.13. The van der Waals surface area contributed by atoms with E-state index < -0.39 is 0 Å². The number of hydrogen-bond donors (Lipinski definition) is 1. The highest BCUT2D eigenvalue weighted by Crippen LogP contribution is 2.10. The molecular formula is C11H15ClN2O2. The number of carbonyl (C=O) groups is 1. The molecule has 0 aliphatic carbocycles. The van der Waals surface area contributed by atoms with E-state index in [-0.39, 0.29) is 12.5 Å². The molecule has 0 bridgehead atoms. The van der Waals surface area contributed by atoms with Gasteiger partial charge in [0.05, 0.1) is 0 Å². The Balaban J connectivity index is 2.74. The van der Waals surface area contributed by atoms with Gasteiger partial charge in [0.15, 0.2) is 0 Å². The molecule has 0 aliphatic rings. The van der Waals surface area contributed by atoms with Crippen molar-refractivity contribution < 1.29 is 9.90 Å². The number of hydrogen-bond acceptors (Lipinski definition) is 3. The third-order valence-corrected chi connectivity index (χ3v) is 2.44. The van der Waals surface area contributed by atoms with Gasteiger partial charge in [-0.05, 0) is 25.5 Å². The van der Waals surface area contributed by atoms with Gasteiger partial charge in [-0.15, -0.1) is 0 Å². The van der Waals surface area contributed by atoms with Crippen LogP contribution >= 0.6 is 11.6 Å². The first-order valence-electron chi connectivity index (χ1n) is 5.20. The van der Waals surface area contributed by atoms with Crippen LogP contribution in [0.3, 0.4) is 0 Å². The molecule has 1 heterocycles. The maximum Gasteiger partial charge on any atom is 0.254 e. The van der Waals surface area contributed by atoms with Gasteiger partial charge in [0.25, 0.3) is 5.91 Å². The fourth-order valence-corrected chi connectivity index (χ4v) is 1.56. The maximum atomic E-state index is 12.0. The lowest BCUT2D eigenvalue weighted by Gasteiger charge is -2.20. The van der Waals surface area contributed by atoms with Gasteiger partial charge in [0.1, 0.15) is 5.15 Å². The molecule has 4 nitrogen and oxygen atoms in total. The van der Waals surface area contributed by atoms with Crippen LogP contribution in [0.25, 0.3) is 0 Å². The molecule has 1 rings (SSSR count). The summed E-state index contributed by atoms with van der Waals surface area (Å²) in [5.41, 5.74) is 0.528.